The molecule has 2 unspecified atom stereocenters. The SMILES string of the molecule is c1cn(C2CCCNC2)nc1-c1nc(C2CCOC2)no1. The van der Waals surface area contributed by atoms with Crippen LogP contribution >= 0.6 is 0 Å². The van der Waals surface area contributed by atoms with Crippen LogP contribution < -0.4 is 5.32 Å². The van der Waals surface area contributed by atoms with Gasteiger partial charge in [-0.1, -0.05) is 5.16 Å². The molecular formula is C14H19N5O2. The van der Waals surface area contributed by atoms with Gasteiger partial charge in [0.05, 0.1) is 12.6 Å². The van der Waals surface area contributed by atoms with Crippen molar-refractivity contribution >= 4 is 0 Å². The lowest BCUT2D eigenvalue weighted by molar-refractivity contribution is 0.192. The summed E-state index contributed by atoms with van der Waals surface area (Å²) in [5.41, 5.74) is 0.748. The lowest BCUT2D eigenvalue weighted by atomic mass is 10.1. The van der Waals surface area contributed by atoms with Crippen molar-refractivity contribution in [2.75, 3.05) is 26.3 Å². The molecule has 7 nitrogen and oxygen atoms in total. The van der Waals surface area contributed by atoms with Crippen molar-refractivity contribution in [1.82, 2.24) is 25.2 Å². The highest BCUT2D eigenvalue weighted by molar-refractivity contribution is 5.45. The summed E-state index contributed by atoms with van der Waals surface area (Å²) >= 11 is 0. The fourth-order valence-corrected chi connectivity index (χ4v) is 2.96. The number of piperidine rings is 1. The molecule has 0 aliphatic carbocycles. The minimum absolute atomic E-state index is 0.257. The Hall–Kier alpha value is -1.73. The summed E-state index contributed by atoms with van der Waals surface area (Å²) in [7, 11) is 0. The molecule has 7 heteroatoms. The summed E-state index contributed by atoms with van der Waals surface area (Å²) in [6, 6.07) is 2.36. The van der Waals surface area contributed by atoms with Gasteiger partial charge in [0.1, 0.15) is 0 Å². The van der Waals surface area contributed by atoms with Crippen LogP contribution in [0.4, 0.5) is 0 Å². The van der Waals surface area contributed by atoms with Crippen LogP contribution in [0.3, 0.4) is 0 Å². The Kier molecular flexibility index (Phi) is 3.44. The third kappa shape index (κ3) is 2.58. The molecule has 0 spiro atoms. The molecule has 2 saturated heterocycles. The van der Waals surface area contributed by atoms with Gasteiger partial charge in [0.25, 0.3) is 5.89 Å². The van der Waals surface area contributed by atoms with Gasteiger partial charge in [0, 0.05) is 25.3 Å². The van der Waals surface area contributed by atoms with Crippen molar-refractivity contribution in [3.63, 3.8) is 0 Å². The average Bonchev–Trinajstić information content (AvgIpc) is 3.27. The van der Waals surface area contributed by atoms with Crippen LogP contribution in [0.15, 0.2) is 16.8 Å². The van der Waals surface area contributed by atoms with Gasteiger partial charge in [-0.3, -0.25) is 4.68 Å². The zero-order chi connectivity index (χ0) is 14.1. The van der Waals surface area contributed by atoms with E-state index >= 15 is 0 Å². The standard InChI is InChI=1S/C14H19N5O2/c1-2-11(8-15-5-1)19-6-3-12(17-19)14-16-13(18-21-14)10-4-7-20-9-10/h3,6,10-11,15H,1-2,4-5,7-9H2. The molecule has 2 aliphatic heterocycles. The van der Waals surface area contributed by atoms with E-state index < -0.39 is 0 Å². The summed E-state index contributed by atoms with van der Waals surface area (Å²) in [5, 5.41) is 12.1. The predicted octanol–water partition coefficient (Wildman–Crippen LogP) is 1.36. The van der Waals surface area contributed by atoms with Gasteiger partial charge >= 0.3 is 0 Å². The Morgan fingerprint density at radius 1 is 1.33 bits per heavy atom. The summed E-state index contributed by atoms with van der Waals surface area (Å²) < 4.78 is 12.7. The van der Waals surface area contributed by atoms with E-state index in [0.717, 1.165) is 44.1 Å². The van der Waals surface area contributed by atoms with E-state index in [4.69, 9.17) is 9.26 Å². The van der Waals surface area contributed by atoms with Crippen LogP contribution in [0.1, 0.15) is 37.0 Å². The van der Waals surface area contributed by atoms with Crippen molar-refractivity contribution in [3.05, 3.63) is 18.1 Å². The maximum atomic E-state index is 5.36. The van der Waals surface area contributed by atoms with Crippen LogP contribution in [0.2, 0.25) is 0 Å². The van der Waals surface area contributed by atoms with Crippen molar-refractivity contribution in [3.8, 4) is 11.6 Å². The van der Waals surface area contributed by atoms with E-state index in [1.165, 1.54) is 6.42 Å². The van der Waals surface area contributed by atoms with Crippen LogP contribution in [0, 0.1) is 0 Å². The Bertz CT molecular complexity index is 596. The van der Waals surface area contributed by atoms with Crippen molar-refractivity contribution in [2.24, 2.45) is 0 Å². The van der Waals surface area contributed by atoms with Gasteiger partial charge in [0.2, 0.25) is 0 Å². The van der Waals surface area contributed by atoms with E-state index in [9.17, 15) is 0 Å². The highest BCUT2D eigenvalue weighted by Crippen LogP contribution is 2.25. The Morgan fingerprint density at radius 2 is 2.33 bits per heavy atom. The van der Waals surface area contributed by atoms with Crippen LogP contribution in [-0.2, 0) is 4.74 Å². The molecular weight excluding hydrogens is 270 g/mol. The van der Waals surface area contributed by atoms with Gasteiger partial charge in [-0.2, -0.15) is 10.1 Å². The van der Waals surface area contributed by atoms with Gasteiger partial charge in [-0.25, -0.2) is 0 Å². The Balaban J connectivity index is 1.52. The normalized spacial score (nSPS) is 26.3. The van der Waals surface area contributed by atoms with Gasteiger partial charge in [-0.05, 0) is 31.9 Å². The molecule has 2 atom stereocenters. The predicted molar refractivity (Wildman–Crippen MR) is 74.8 cm³/mol. The number of rotatable bonds is 3. The van der Waals surface area contributed by atoms with Gasteiger partial charge < -0.3 is 14.6 Å². The zero-order valence-corrected chi connectivity index (χ0v) is 11.9. The lowest BCUT2D eigenvalue weighted by Crippen LogP contribution is -2.31. The molecule has 2 fully saturated rings. The van der Waals surface area contributed by atoms with Crippen molar-refractivity contribution < 1.29 is 9.26 Å². The third-order valence-corrected chi connectivity index (χ3v) is 4.21. The van der Waals surface area contributed by atoms with Crippen LogP contribution in [-0.4, -0.2) is 46.2 Å². The lowest BCUT2D eigenvalue weighted by Gasteiger charge is -2.22. The maximum absolute atomic E-state index is 5.36. The number of ether oxygens (including phenoxy) is 1. The quantitative estimate of drug-likeness (QED) is 0.919. The molecule has 4 heterocycles. The largest absolute Gasteiger partial charge is 0.381 e. The van der Waals surface area contributed by atoms with E-state index in [1.807, 2.05) is 16.9 Å². The molecule has 0 aromatic carbocycles. The topological polar surface area (TPSA) is 78.0 Å². The number of hydrogen-bond acceptors (Lipinski definition) is 6. The monoisotopic (exact) mass is 289 g/mol. The van der Waals surface area contributed by atoms with Gasteiger partial charge in [-0.15, -0.1) is 0 Å². The summed E-state index contributed by atoms with van der Waals surface area (Å²) in [6.07, 6.45) is 5.30. The molecule has 2 aliphatic rings. The highest BCUT2D eigenvalue weighted by atomic mass is 16.5. The number of hydrogen-bond donors (Lipinski definition) is 1. The molecule has 112 valence electrons. The molecule has 1 N–H and O–H groups in total. The first-order chi connectivity index (χ1) is 10.4. The van der Waals surface area contributed by atoms with E-state index in [0.29, 0.717) is 18.5 Å². The molecule has 2 aromatic heterocycles. The first kappa shape index (κ1) is 13.0. The molecule has 2 aromatic rings. The fourth-order valence-electron chi connectivity index (χ4n) is 2.96. The highest BCUT2D eigenvalue weighted by Gasteiger charge is 2.24. The summed E-state index contributed by atoms with van der Waals surface area (Å²) in [5.74, 6) is 1.49. The van der Waals surface area contributed by atoms with Crippen LogP contribution in [0.5, 0.6) is 0 Å². The number of nitrogens with zero attached hydrogens (tertiary/aromatic N) is 4. The fraction of sp³-hybridized carbons (Fsp3) is 0.643. The third-order valence-electron chi connectivity index (χ3n) is 4.21. The van der Waals surface area contributed by atoms with E-state index in [1.54, 1.807) is 0 Å². The van der Waals surface area contributed by atoms with Crippen molar-refractivity contribution in [1.29, 1.82) is 0 Å². The van der Waals surface area contributed by atoms with E-state index in [2.05, 4.69) is 20.6 Å². The van der Waals surface area contributed by atoms with Crippen LogP contribution in [0.25, 0.3) is 11.6 Å². The Morgan fingerprint density at radius 3 is 3.14 bits per heavy atom. The molecule has 0 bridgehead atoms. The second-order valence-electron chi connectivity index (χ2n) is 5.70. The summed E-state index contributed by atoms with van der Waals surface area (Å²) in [4.78, 5) is 4.47. The number of nitrogens with one attached hydrogen (secondary N) is 1. The molecule has 21 heavy (non-hydrogen) atoms. The second-order valence-corrected chi connectivity index (χ2v) is 5.70. The average molecular weight is 289 g/mol. The smallest absolute Gasteiger partial charge is 0.278 e. The molecule has 0 saturated carbocycles. The minimum Gasteiger partial charge on any atom is -0.381 e. The molecule has 0 radical (unpaired) electrons. The number of aromatic nitrogens is 4. The maximum Gasteiger partial charge on any atom is 0.278 e. The Labute approximate surface area is 122 Å². The van der Waals surface area contributed by atoms with Gasteiger partial charge in [0.15, 0.2) is 11.5 Å². The minimum atomic E-state index is 0.257. The van der Waals surface area contributed by atoms with E-state index in [-0.39, 0.29) is 5.92 Å². The molecule has 0 amide bonds. The second kappa shape index (κ2) is 5.57. The summed E-state index contributed by atoms with van der Waals surface area (Å²) in [6.45, 7) is 3.52. The first-order valence-corrected chi connectivity index (χ1v) is 7.58. The molecule has 4 rings (SSSR count). The van der Waals surface area contributed by atoms with Crippen molar-refractivity contribution in [2.45, 2.75) is 31.2 Å². The zero-order valence-electron chi connectivity index (χ0n) is 11.9. The first-order valence-electron chi connectivity index (χ1n) is 7.58.